The van der Waals surface area contributed by atoms with Gasteiger partial charge in [-0.05, 0) is 19.8 Å². The molecule has 112 valence electrons. The molecule has 21 heavy (non-hydrogen) atoms. The monoisotopic (exact) mass is 303 g/mol. The molecule has 0 atom stereocenters. The predicted octanol–water partition coefficient (Wildman–Crippen LogP) is 2.83. The zero-order chi connectivity index (χ0) is 14.7. The molecule has 2 aromatic heterocycles. The second-order valence-electron chi connectivity index (χ2n) is 5.50. The second kappa shape index (κ2) is 6.41. The number of aromatic nitrogens is 3. The zero-order valence-electron chi connectivity index (χ0n) is 12.3. The third-order valence-electron chi connectivity index (χ3n) is 3.78. The minimum atomic E-state index is 0.544. The molecule has 0 amide bonds. The van der Waals surface area contributed by atoms with Gasteiger partial charge in [-0.2, -0.15) is 5.10 Å². The van der Waals surface area contributed by atoms with Crippen LogP contribution in [0, 0.1) is 6.92 Å². The molecular weight excluding hydrogens is 282 g/mol. The van der Waals surface area contributed by atoms with Crippen molar-refractivity contribution in [3.63, 3.8) is 0 Å². The number of piperidine rings is 1. The Hall–Kier alpha value is -1.66. The summed E-state index contributed by atoms with van der Waals surface area (Å²) in [6, 6.07) is 0.544. The van der Waals surface area contributed by atoms with Crippen molar-refractivity contribution in [1.29, 1.82) is 0 Å². The Morgan fingerprint density at radius 1 is 1.48 bits per heavy atom. The van der Waals surface area contributed by atoms with Crippen molar-refractivity contribution >= 4 is 22.7 Å². The minimum absolute atomic E-state index is 0.544. The van der Waals surface area contributed by atoms with Gasteiger partial charge in [0.1, 0.15) is 0 Å². The number of hydrogen-bond donors (Lipinski definition) is 1. The molecule has 0 unspecified atom stereocenters. The van der Waals surface area contributed by atoms with Crippen LogP contribution in [0.1, 0.15) is 24.1 Å². The van der Waals surface area contributed by atoms with E-state index in [4.69, 9.17) is 0 Å². The van der Waals surface area contributed by atoms with Gasteiger partial charge in [-0.3, -0.25) is 4.90 Å². The molecule has 0 aromatic carbocycles. The highest BCUT2D eigenvalue weighted by Crippen LogP contribution is 2.20. The summed E-state index contributed by atoms with van der Waals surface area (Å²) in [7, 11) is 0. The molecule has 1 aliphatic rings. The van der Waals surface area contributed by atoms with E-state index >= 15 is 0 Å². The van der Waals surface area contributed by atoms with E-state index < -0.39 is 0 Å². The van der Waals surface area contributed by atoms with E-state index in [-0.39, 0.29) is 0 Å². The van der Waals surface area contributed by atoms with Crippen LogP contribution < -0.4 is 5.32 Å². The third-order valence-corrected chi connectivity index (χ3v) is 4.67. The maximum Gasteiger partial charge on any atom is 0.183 e. The maximum atomic E-state index is 4.48. The fourth-order valence-electron chi connectivity index (χ4n) is 2.65. The van der Waals surface area contributed by atoms with Crippen LogP contribution in [0.3, 0.4) is 0 Å². The minimum Gasteiger partial charge on any atom is -0.359 e. The summed E-state index contributed by atoms with van der Waals surface area (Å²) in [5, 5.41) is 10.9. The van der Waals surface area contributed by atoms with E-state index in [1.54, 1.807) is 22.2 Å². The lowest BCUT2D eigenvalue weighted by atomic mass is 10.1. The summed E-state index contributed by atoms with van der Waals surface area (Å²) in [5.74, 6) is 0. The van der Waals surface area contributed by atoms with Crippen LogP contribution in [0.4, 0.5) is 5.13 Å². The van der Waals surface area contributed by atoms with E-state index in [1.165, 1.54) is 5.56 Å². The third kappa shape index (κ3) is 3.71. The van der Waals surface area contributed by atoms with Crippen molar-refractivity contribution in [2.75, 3.05) is 18.4 Å². The first kappa shape index (κ1) is 14.3. The summed E-state index contributed by atoms with van der Waals surface area (Å²) in [4.78, 5) is 6.96. The van der Waals surface area contributed by atoms with Gasteiger partial charge in [-0.15, -0.1) is 11.3 Å². The van der Waals surface area contributed by atoms with E-state index in [0.717, 1.165) is 43.3 Å². The van der Waals surface area contributed by atoms with E-state index in [9.17, 15) is 0 Å². The van der Waals surface area contributed by atoms with Gasteiger partial charge in [0.15, 0.2) is 5.13 Å². The van der Waals surface area contributed by atoms with Crippen LogP contribution in [0.5, 0.6) is 0 Å². The normalized spacial score (nSPS) is 17.0. The number of aryl methyl sites for hydroxylation is 1. The molecule has 2 aromatic rings. The fraction of sp³-hybridized carbons (Fsp3) is 0.467. The van der Waals surface area contributed by atoms with Gasteiger partial charge in [0.25, 0.3) is 0 Å². The standard InChI is InChI=1S/C15H21N5S/c1-3-20-10-13(8-16-20)9-19-6-4-14(5-7-19)18-15-17-12(2)11-21-15/h3,8,10-11,14H,1,4-7,9H2,2H3,(H,17,18). The van der Waals surface area contributed by atoms with Gasteiger partial charge >= 0.3 is 0 Å². The Bertz CT molecular complexity index is 595. The van der Waals surface area contributed by atoms with Gasteiger partial charge in [0, 0.05) is 49.0 Å². The Morgan fingerprint density at radius 3 is 2.90 bits per heavy atom. The van der Waals surface area contributed by atoms with Crippen LogP contribution in [-0.2, 0) is 6.54 Å². The van der Waals surface area contributed by atoms with Gasteiger partial charge in [0.05, 0.1) is 11.9 Å². The number of hydrogen-bond acceptors (Lipinski definition) is 5. The number of nitrogens with one attached hydrogen (secondary N) is 1. The molecule has 0 aliphatic carbocycles. The summed E-state index contributed by atoms with van der Waals surface area (Å²) in [5.41, 5.74) is 2.34. The second-order valence-corrected chi connectivity index (χ2v) is 6.36. The molecule has 1 saturated heterocycles. The van der Waals surface area contributed by atoms with Crippen molar-refractivity contribution < 1.29 is 0 Å². The van der Waals surface area contributed by atoms with Crippen LogP contribution >= 0.6 is 11.3 Å². The summed E-state index contributed by atoms with van der Waals surface area (Å²) < 4.78 is 1.76. The van der Waals surface area contributed by atoms with Crippen LogP contribution in [0.25, 0.3) is 6.20 Å². The molecule has 0 bridgehead atoms. The van der Waals surface area contributed by atoms with E-state index in [2.05, 4.69) is 32.3 Å². The zero-order valence-corrected chi connectivity index (χ0v) is 13.1. The van der Waals surface area contributed by atoms with Crippen molar-refractivity contribution in [2.45, 2.75) is 32.4 Å². The quantitative estimate of drug-likeness (QED) is 0.922. The molecule has 1 N–H and O–H groups in total. The molecule has 0 saturated carbocycles. The highest BCUT2D eigenvalue weighted by molar-refractivity contribution is 7.13. The average Bonchev–Trinajstić information content (AvgIpc) is 3.10. The molecule has 0 spiro atoms. The molecule has 0 radical (unpaired) electrons. The number of thiazole rings is 1. The number of anilines is 1. The topological polar surface area (TPSA) is 46.0 Å². The molecule has 1 aliphatic heterocycles. The summed E-state index contributed by atoms with van der Waals surface area (Å²) in [6.07, 6.45) is 8.00. The van der Waals surface area contributed by atoms with Crippen molar-refractivity contribution in [3.8, 4) is 0 Å². The summed E-state index contributed by atoms with van der Waals surface area (Å²) >= 11 is 1.70. The Balaban J connectivity index is 1.47. The first-order chi connectivity index (χ1) is 10.2. The number of rotatable bonds is 5. The fourth-order valence-corrected chi connectivity index (χ4v) is 3.41. The maximum absolute atomic E-state index is 4.48. The first-order valence-electron chi connectivity index (χ1n) is 7.29. The molecule has 5 nitrogen and oxygen atoms in total. The lowest BCUT2D eigenvalue weighted by Crippen LogP contribution is -2.38. The average molecular weight is 303 g/mol. The van der Waals surface area contributed by atoms with Crippen molar-refractivity contribution in [1.82, 2.24) is 19.7 Å². The van der Waals surface area contributed by atoms with Crippen LogP contribution in [0.15, 0.2) is 24.4 Å². The largest absolute Gasteiger partial charge is 0.359 e. The smallest absolute Gasteiger partial charge is 0.183 e. The molecule has 6 heteroatoms. The van der Waals surface area contributed by atoms with Gasteiger partial charge in [0.2, 0.25) is 0 Å². The van der Waals surface area contributed by atoms with Crippen molar-refractivity contribution in [3.05, 3.63) is 35.6 Å². The lowest BCUT2D eigenvalue weighted by Gasteiger charge is -2.31. The Kier molecular flexibility index (Phi) is 4.36. The van der Waals surface area contributed by atoms with Crippen molar-refractivity contribution in [2.24, 2.45) is 0 Å². The summed E-state index contributed by atoms with van der Waals surface area (Å²) in [6.45, 7) is 8.95. The van der Waals surface area contributed by atoms with Crippen LogP contribution in [-0.4, -0.2) is 38.8 Å². The Morgan fingerprint density at radius 2 is 2.29 bits per heavy atom. The van der Waals surface area contributed by atoms with E-state index in [1.807, 2.05) is 19.3 Å². The van der Waals surface area contributed by atoms with Crippen LogP contribution in [0.2, 0.25) is 0 Å². The predicted molar refractivity (Wildman–Crippen MR) is 87.4 cm³/mol. The van der Waals surface area contributed by atoms with Gasteiger partial charge in [-0.25, -0.2) is 9.67 Å². The highest BCUT2D eigenvalue weighted by Gasteiger charge is 2.20. The molecular formula is C15H21N5S. The van der Waals surface area contributed by atoms with E-state index in [0.29, 0.717) is 6.04 Å². The van der Waals surface area contributed by atoms with Gasteiger partial charge < -0.3 is 5.32 Å². The SMILES string of the molecule is C=Cn1cc(CN2CCC(Nc3nc(C)cs3)CC2)cn1. The molecule has 1 fully saturated rings. The number of likely N-dealkylation sites (tertiary alicyclic amines) is 1. The first-order valence-corrected chi connectivity index (χ1v) is 8.17. The molecule has 3 heterocycles. The highest BCUT2D eigenvalue weighted by atomic mass is 32.1. The lowest BCUT2D eigenvalue weighted by molar-refractivity contribution is 0.211. The van der Waals surface area contributed by atoms with Gasteiger partial charge in [-0.1, -0.05) is 6.58 Å². The molecule has 3 rings (SSSR count). The number of nitrogens with zero attached hydrogens (tertiary/aromatic N) is 4. The Labute approximate surface area is 129 Å².